The molecule has 3 rings (SSSR count). The fourth-order valence-electron chi connectivity index (χ4n) is 3.10. The summed E-state index contributed by atoms with van der Waals surface area (Å²) >= 11 is 0. The SMILES string of the molecule is CC(CC(=O)Nc1cccc2cn[nH]c12)C1CCCNC1.Cl. The fraction of sp³-hybridized carbons (Fsp3) is 0.500. The number of anilines is 1. The number of hydrogen-bond donors (Lipinski definition) is 3. The van der Waals surface area contributed by atoms with Gasteiger partial charge in [-0.15, -0.1) is 12.4 Å². The number of amides is 1. The minimum absolute atomic E-state index is 0. The summed E-state index contributed by atoms with van der Waals surface area (Å²) in [4.78, 5) is 12.3. The highest BCUT2D eigenvalue weighted by Gasteiger charge is 2.22. The van der Waals surface area contributed by atoms with Gasteiger partial charge in [0.25, 0.3) is 0 Å². The van der Waals surface area contributed by atoms with E-state index in [2.05, 4.69) is 27.8 Å². The maximum Gasteiger partial charge on any atom is 0.224 e. The smallest absolute Gasteiger partial charge is 0.224 e. The van der Waals surface area contributed by atoms with Gasteiger partial charge in [0.2, 0.25) is 5.91 Å². The van der Waals surface area contributed by atoms with Crippen LogP contribution in [0.2, 0.25) is 0 Å². The third kappa shape index (κ3) is 3.78. The van der Waals surface area contributed by atoms with Gasteiger partial charge in [0.1, 0.15) is 0 Å². The van der Waals surface area contributed by atoms with Crippen molar-refractivity contribution in [1.29, 1.82) is 0 Å². The lowest BCUT2D eigenvalue weighted by Gasteiger charge is -2.28. The highest BCUT2D eigenvalue weighted by molar-refractivity contribution is 6.00. The Balaban J connectivity index is 0.00000176. The summed E-state index contributed by atoms with van der Waals surface area (Å²) in [6, 6.07) is 5.82. The van der Waals surface area contributed by atoms with Crippen LogP contribution < -0.4 is 10.6 Å². The van der Waals surface area contributed by atoms with Gasteiger partial charge in [-0.2, -0.15) is 5.10 Å². The van der Waals surface area contributed by atoms with Crippen molar-refractivity contribution in [2.24, 2.45) is 11.8 Å². The molecule has 2 aromatic rings. The third-order valence-electron chi connectivity index (χ3n) is 4.40. The minimum Gasteiger partial charge on any atom is -0.324 e. The summed E-state index contributed by atoms with van der Waals surface area (Å²) in [5.41, 5.74) is 1.70. The second-order valence-corrected chi connectivity index (χ2v) is 5.98. The number of carbonyl (C=O) groups excluding carboxylic acids is 1. The van der Waals surface area contributed by atoms with Gasteiger partial charge in [-0.3, -0.25) is 9.89 Å². The average molecular weight is 323 g/mol. The highest BCUT2D eigenvalue weighted by Crippen LogP contribution is 2.24. The number of halogens is 1. The normalized spacial score (nSPS) is 19.4. The Morgan fingerprint density at radius 3 is 3.14 bits per heavy atom. The maximum absolute atomic E-state index is 12.3. The van der Waals surface area contributed by atoms with Crippen LogP contribution in [0.25, 0.3) is 10.9 Å². The Morgan fingerprint density at radius 2 is 2.36 bits per heavy atom. The number of rotatable bonds is 4. The number of para-hydroxylation sites is 1. The minimum atomic E-state index is 0. The largest absolute Gasteiger partial charge is 0.324 e. The van der Waals surface area contributed by atoms with Crippen LogP contribution in [-0.4, -0.2) is 29.2 Å². The van der Waals surface area contributed by atoms with Crippen LogP contribution in [0.4, 0.5) is 5.69 Å². The van der Waals surface area contributed by atoms with E-state index >= 15 is 0 Å². The predicted molar refractivity (Wildman–Crippen MR) is 91.3 cm³/mol. The van der Waals surface area contributed by atoms with E-state index in [-0.39, 0.29) is 18.3 Å². The van der Waals surface area contributed by atoms with E-state index in [9.17, 15) is 4.79 Å². The number of nitrogens with zero attached hydrogens (tertiary/aromatic N) is 1. The standard InChI is InChI=1S/C16H22N4O.ClH/c1-11(12-5-3-7-17-9-12)8-15(21)19-14-6-2-4-13-10-18-20-16(13)14;/h2,4,6,10-12,17H,3,5,7-9H2,1H3,(H,18,20)(H,19,21);1H. The number of fused-ring (bicyclic) bond motifs is 1. The molecule has 22 heavy (non-hydrogen) atoms. The van der Waals surface area contributed by atoms with Gasteiger partial charge in [0.15, 0.2) is 0 Å². The summed E-state index contributed by atoms with van der Waals surface area (Å²) in [5, 5.41) is 14.4. The lowest BCUT2D eigenvalue weighted by atomic mass is 9.85. The molecule has 0 aliphatic carbocycles. The Labute approximate surface area is 136 Å². The van der Waals surface area contributed by atoms with Crippen LogP contribution >= 0.6 is 12.4 Å². The van der Waals surface area contributed by atoms with E-state index in [1.54, 1.807) is 6.20 Å². The summed E-state index contributed by atoms with van der Waals surface area (Å²) in [7, 11) is 0. The van der Waals surface area contributed by atoms with Gasteiger partial charge in [0, 0.05) is 11.8 Å². The molecule has 0 bridgehead atoms. The van der Waals surface area contributed by atoms with Crippen molar-refractivity contribution in [3.63, 3.8) is 0 Å². The van der Waals surface area contributed by atoms with Gasteiger partial charge in [-0.05, 0) is 43.8 Å². The molecule has 1 aromatic carbocycles. The number of nitrogens with one attached hydrogen (secondary N) is 3. The molecule has 2 atom stereocenters. The van der Waals surface area contributed by atoms with Gasteiger partial charge >= 0.3 is 0 Å². The maximum atomic E-state index is 12.3. The zero-order valence-electron chi connectivity index (χ0n) is 12.8. The lowest BCUT2D eigenvalue weighted by Crippen LogP contribution is -2.34. The quantitative estimate of drug-likeness (QED) is 0.810. The van der Waals surface area contributed by atoms with E-state index in [0.29, 0.717) is 18.3 Å². The molecular formula is C16H23ClN4O. The lowest BCUT2D eigenvalue weighted by molar-refractivity contribution is -0.117. The highest BCUT2D eigenvalue weighted by atomic mass is 35.5. The van der Waals surface area contributed by atoms with Crippen molar-refractivity contribution >= 4 is 34.9 Å². The Morgan fingerprint density at radius 1 is 1.50 bits per heavy atom. The zero-order chi connectivity index (χ0) is 14.7. The number of hydrogen-bond acceptors (Lipinski definition) is 3. The molecule has 1 aliphatic heterocycles. The molecule has 1 saturated heterocycles. The van der Waals surface area contributed by atoms with Crippen LogP contribution in [0.5, 0.6) is 0 Å². The van der Waals surface area contributed by atoms with E-state index in [0.717, 1.165) is 29.7 Å². The predicted octanol–water partition coefficient (Wildman–Crippen LogP) is 2.95. The molecule has 5 nitrogen and oxygen atoms in total. The first-order valence-electron chi connectivity index (χ1n) is 7.66. The molecule has 0 saturated carbocycles. The van der Waals surface area contributed by atoms with Crippen LogP contribution in [0.1, 0.15) is 26.2 Å². The number of carbonyl (C=O) groups is 1. The number of aromatic nitrogens is 2. The summed E-state index contributed by atoms with van der Waals surface area (Å²) in [6.07, 6.45) is 4.76. The second kappa shape index (κ2) is 7.61. The molecule has 2 unspecified atom stereocenters. The van der Waals surface area contributed by atoms with Crippen molar-refractivity contribution in [3.8, 4) is 0 Å². The average Bonchev–Trinajstić information content (AvgIpc) is 2.97. The number of benzene rings is 1. The van der Waals surface area contributed by atoms with Gasteiger partial charge in [0.05, 0.1) is 17.4 Å². The molecule has 2 heterocycles. The van der Waals surface area contributed by atoms with Crippen LogP contribution in [0.15, 0.2) is 24.4 Å². The molecule has 6 heteroatoms. The van der Waals surface area contributed by atoms with Crippen LogP contribution in [-0.2, 0) is 4.79 Å². The van der Waals surface area contributed by atoms with Crippen molar-refractivity contribution in [2.75, 3.05) is 18.4 Å². The van der Waals surface area contributed by atoms with Crippen molar-refractivity contribution in [2.45, 2.75) is 26.2 Å². The Hall–Kier alpha value is -1.59. The number of aromatic amines is 1. The molecule has 120 valence electrons. The summed E-state index contributed by atoms with van der Waals surface area (Å²) in [6.45, 7) is 4.32. The van der Waals surface area contributed by atoms with Crippen LogP contribution in [0, 0.1) is 11.8 Å². The molecule has 0 radical (unpaired) electrons. The Kier molecular flexibility index (Phi) is 5.80. The second-order valence-electron chi connectivity index (χ2n) is 5.98. The first-order chi connectivity index (χ1) is 10.2. The molecule has 3 N–H and O–H groups in total. The van der Waals surface area contributed by atoms with Crippen LogP contribution in [0.3, 0.4) is 0 Å². The van der Waals surface area contributed by atoms with Crippen molar-refractivity contribution in [3.05, 3.63) is 24.4 Å². The molecule has 1 fully saturated rings. The molecule has 0 spiro atoms. The third-order valence-corrected chi connectivity index (χ3v) is 4.40. The first-order valence-corrected chi connectivity index (χ1v) is 7.66. The molecule has 1 amide bonds. The van der Waals surface area contributed by atoms with E-state index < -0.39 is 0 Å². The topological polar surface area (TPSA) is 69.8 Å². The van der Waals surface area contributed by atoms with Gasteiger partial charge in [-0.25, -0.2) is 0 Å². The Bertz CT molecular complexity index is 621. The summed E-state index contributed by atoms with van der Waals surface area (Å²) in [5.74, 6) is 1.08. The molecule has 1 aromatic heterocycles. The number of piperidine rings is 1. The van der Waals surface area contributed by atoms with Gasteiger partial charge < -0.3 is 10.6 Å². The fourth-order valence-corrected chi connectivity index (χ4v) is 3.10. The van der Waals surface area contributed by atoms with E-state index in [1.165, 1.54) is 12.8 Å². The van der Waals surface area contributed by atoms with E-state index in [4.69, 9.17) is 0 Å². The molecule has 1 aliphatic rings. The van der Waals surface area contributed by atoms with E-state index in [1.807, 2.05) is 18.2 Å². The first kappa shape index (κ1) is 16.8. The molecular weight excluding hydrogens is 300 g/mol. The number of H-pyrrole nitrogens is 1. The monoisotopic (exact) mass is 322 g/mol. The van der Waals surface area contributed by atoms with Crippen molar-refractivity contribution in [1.82, 2.24) is 15.5 Å². The zero-order valence-corrected chi connectivity index (χ0v) is 13.6. The van der Waals surface area contributed by atoms with Crippen molar-refractivity contribution < 1.29 is 4.79 Å². The summed E-state index contributed by atoms with van der Waals surface area (Å²) < 4.78 is 0. The van der Waals surface area contributed by atoms with Gasteiger partial charge in [-0.1, -0.05) is 19.1 Å².